The molecule has 0 spiro atoms. The van der Waals surface area contributed by atoms with Gasteiger partial charge in [0.2, 0.25) is 0 Å². The van der Waals surface area contributed by atoms with Crippen molar-refractivity contribution >= 4 is 12.0 Å². The molecule has 6 rings (SSSR count). The second kappa shape index (κ2) is 11.0. The van der Waals surface area contributed by atoms with Crippen molar-refractivity contribution in [2.45, 2.75) is 77.7 Å². The van der Waals surface area contributed by atoms with Crippen molar-refractivity contribution in [3.05, 3.63) is 94.1 Å². The number of carbonyl (C=O) groups is 1. The number of rotatable bonds is 5. The summed E-state index contributed by atoms with van der Waals surface area (Å²) in [5.41, 5.74) is 8.44. The van der Waals surface area contributed by atoms with Gasteiger partial charge < -0.3 is 4.84 Å². The summed E-state index contributed by atoms with van der Waals surface area (Å²) in [7, 11) is 0. The normalized spacial score (nSPS) is 29.7. The van der Waals surface area contributed by atoms with Gasteiger partial charge in [-0.1, -0.05) is 79.4 Å². The van der Waals surface area contributed by atoms with Crippen molar-refractivity contribution in [3.8, 4) is 11.8 Å². The van der Waals surface area contributed by atoms with Crippen LogP contribution in [0, 0.1) is 35.0 Å². The van der Waals surface area contributed by atoms with Gasteiger partial charge in [0.15, 0.2) is 5.78 Å². The Kier molecular flexibility index (Phi) is 7.30. The summed E-state index contributed by atoms with van der Waals surface area (Å²) in [5.74, 6) is 9.22. The van der Waals surface area contributed by atoms with E-state index < -0.39 is 0 Å². The van der Waals surface area contributed by atoms with Gasteiger partial charge >= 0.3 is 0 Å². The lowest BCUT2D eigenvalue weighted by molar-refractivity contribution is -0.114. The first-order valence-corrected chi connectivity index (χ1v) is 14.8. The Morgan fingerprint density at radius 1 is 1.03 bits per heavy atom. The number of ketones is 1. The average molecular weight is 518 g/mol. The quantitative estimate of drug-likeness (QED) is 0.228. The van der Waals surface area contributed by atoms with Crippen LogP contribution in [0.2, 0.25) is 0 Å². The third-order valence-electron chi connectivity index (χ3n) is 10.2. The van der Waals surface area contributed by atoms with E-state index in [1.54, 1.807) is 5.57 Å². The molecule has 0 saturated heterocycles. The van der Waals surface area contributed by atoms with Crippen LogP contribution in [-0.2, 0) is 16.2 Å². The second-order valence-corrected chi connectivity index (χ2v) is 12.2. The first kappa shape index (κ1) is 25.9. The van der Waals surface area contributed by atoms with E-state index >= 15 is 0 Å². The van der Waals surface area contributed by atoms with Crippen LogP contribution < -0.4 is 0 Å². The molecule has 39 heavy (non-hydrogen) atoms. The fourth-order valence-electron chi connectivity index (χ4n) is 8.40. The van der Waals surface area contributed by atoms with E-state index in [-0.39, 0.29) is 0 Å². The highest BCUT2D eigenvalue weighted by molar-refractivity contribution is 5.93. The maximum Gasteiger partial charge on any atom is 0.156 e. The van der Waals surface area contributed by atoms with Crippen LogP contribution in [0.4, 0.5) is 0 Å². The largest absolute Gasteiger partial charge is 0.390 e. The van der Waals surface area contributed by atoms with Crippen molar-refractivity contribution in [3.63, 3.8) is 0 Å². The Labute approximate surface area is 233 Å². The Hall–Kier alpha value is -3.38. The van der Waals surface area contributed by atoms with Gasteiger partial charge in [-0.25, -0.2) is 0 Å². The molecule has 0 aromatic heterocycles. The Morgan fingerprint density at radius 2 is 1.85 bits per heavy atom. The highest BCUT2D eigenvalue weighted by Crippen LogP contribution is 2.66. The SMILES string of the molecule is CC[C@H]1CCC2C3CCC4=CC(=O)CCC4=C3[C@@H](c3ccc(C#C/C=N/OCc4ccccc4)cc3)CC21C. The minimum Gasteiger partial charge on any atom is -0.390 e. The molecule has 3 nitrogen and oxygen atoms in total. The van der Waals surface area contributed by atoms with Crippen LogP contribution in [0.25, 0.3) is 0 Å². The molecule has 0 radical (unpaired) electrons. The van der Waals surface area contributed by atoms with Gasteiger partial charge in [-0.3, -0.25) is 4.79 Å². The van der Waals surface area contributed by atoms with Gasteiger partial charge in [-0.2, -0.15) is 0 Å². The maximum absolute atomic E-state index is 12.3. The molecule has 0 heterocycles. The first-order valence-electron chi connectivity index (χ1n) is 14.8. The Morgan fingerprint density at radius 3 is 2.64 bits per heavy atom. The summed E-state index contributed by atoms with van der Waals surface area (Å²) in [6.45, 7) is 5.43. The van der Waals surface area contributed by atoms with E-state index in [0.29, 0.717) is 36.1 Å². The molecule has 0 bridgehead atoms. The van der Waals surface area contributed by atoms with Crippen LogP contribution in [0.5, 0.6) is 0 Å². The molecule has 5 atom stereocenters. The zero-order valence-corrected chi connectivity index (χ0v) is 23.3. The summed E-state index contributed by atoms with van der Waals surface area (Å²) >= 11 is 0. The summed E-state index contributed by atoms with van der Waals surface area (Å²) in [4.78, 5) is 17.6. The summed E-state index contributed by atoms with van der Waals surface area (Å²) < 4.78 is 0. The number of hydrogen-bond acceptors (Lipinski definition) is 3. The van der Waals surface area contributed by atoms with E-state index in [1.165, 1.54) is 55.0 Å². The Bertz CT molecular complexity index is 1370. The minimum absolute atomic E-state index is 0.314. The zero-order valence-electron chi connectivity index (χ0n) is 23.3. The first-order chi connectivity index (χ1) is 19.1. The average Bonchev–Trinajstić information content (AvgIpc) is 3.31. The fraction of sp³-hybridized carbons (Fsp3) is 0.444. The molecule has 2 fully saturated rings. The second-order valence-electron chi connectivity index (χ2n) is 12.2. The molecular weight excluding hydrogens is 478 g/mol. The minimum atomic E-state index is 0.314. The van der Waals surface area contributed by atoms with Crippen molar-refractivity contribution < 1.29 is 9.63 Å². The van der Waals surface area contributed by atoms with Crippen molar-refractivity contribution in [2.24, 2.45) is 28.3 Å². The van der Waals surface area contributed by atoms with Crippen molar-refractivity contribution in [1.29, 1.82) is 0 Å². The lowest BCUT2D eigenvalue weighted by atomic mass is 9.52. The van der Waals surface area contributed by atoms with E-state index in [4.69, 9.17) is 4.84 Å². The molecule has 4 aliphatic rings. The number of oxime groups is 1. The molecule has 0 amide bonds. The van der Waals surface area contributed by atoms with Crippen LogP contribution in [0.1, 0.15) is 87.8 Å². The lowest BCUT2D eigenvalue weighted by Crippen LogP contribution is -2.43. The third-order valence-corrected chi connectivity index (χ3v) is 10.2. The molecule has 2 aromatic rings. The summed E-state index contributed by atoms with van der Waals surface area (Å²) in [5, 5.41) is 3.98. The number of hydrogen-bond donors (Lipinski definition) is 0. The van der Waals surface area contributed by atoms with Gasteiger partial charge in [0.1, 0.15) is 12.8 Å². The lowest BCUT2D eigenvalue weighted by Gasteiger charge is -2.53. The third kappa shape index (κ3) is 5.03. The van der Waals surface area contributed by atoms with Gasteiger partial charge in [0.05, 0.1) is 0 Å². The van der Waals surface area contributed by atoms with Crippen LogP contribution in [0.15, 0.2) is 82.5 Å². The van der Waals surface area contributed by atoms with Crippen molar-refractivity contribution in [2.75, 3.05) is 0 Å². The molecular formula is C36H39NO2. The summed E-state index contributed by atoms with van der Waals surface area (Å²) in [6, 6.07) is 18.9. The molecule has 4 aliphatic carbocycles. The van der Waals surface area contributed by atoms with Gasteiger partial charge in [0.25, 0.3) is 0 Å². The Balaban J connectivity index is 1.24. The number of nitrogens with zero attached hydrogens (tertiary/aromatic N) is 1. The smallest absolute Gasteiger partial charge is 0.156 e. The number of benzene rings is 2. The monoisotopic (exact) mass is 517 g/mol. The zero-order chi connectivity index (χ0) is 26.8. The summed E-state index contributed by atoms with van der Waals surface area (Å²) in [6.07, 6.45) is 12.6. The molecule has 2 saturated carbocycles. The number of carbonyl (C=O) groups excluding carboxylic acids is 1. The number of fused-ring (bicyclic) bond motifs is 4. The molecule has 2 aromatic carbocycles. The fourth-order valence-corrected chi connectivity index (χ4v) is 8.40. The van der Waals surface area contributed by atoms with Crippen LogP contribution >= 0.6 is 0 Å². The standard InChI is InChI=1S/C36H39NO2/c1-3-29-16-20-34-32-18-15-28-22-30(38)17-19-31(28)35(32)33(23-36(29,34)2)27-13-11-25(12-14-27)10-7-21-37-39-24-26-8-5-4-6-9-26/h4-6,8-9,11-14,21-22,29,32-34H,3,15-20,23-24H2,1-2H3/b37-21+/t29-,32?,33+,34?,36?/m0/s1. The molecule has 3 unspecified atom stereocenters. The van der Waals surface area contributed by atoms with E-state index in [1.807, 2.05) is 36.4 Å². The highest BCUT2D eigenvalue weighted by atomic mass is 16.6. The van der Waals surface area contributed by atoms with Crippen LogP contribution in [-0.4, -0.2) is 12.0 Å². The highest BCUT2D eigenvalue weighted by Gasteiger charge is 2.55. The van der Waals surface area contributed by atoms with Gasteiger partial charge in [-0.05, 0) is 108 Å². The predicted molar refractivity (Wildman–Crippen MR) is 157 cm³/mol. The van der Waals surface area contributed by atoms with E-state index in [0.717, 1.165) is 35.8 Å². The molecule has 3 heteroatoms. The van der Waals surface area contributed by atoms with Crippen molar-refractivity contribution in [1.82, 2.24) is 0 Å². The van der Waals surface area contributed by atoms with E-state index in [9.17, 15) is 4.79 Å². The van der Waals surface area contributed by atoms with Gasteiger partial charge in [-0.15, -0.1) is 0 Å². The molecule has 200 valence electrons. The van der Waals surface area contributed by atoms with Crippen LogP contribution in [0.3, 0.4) is 0 Å². The number of allylic oxidation sites excluding steroid dienone is 4. The molecule has 0 aliphatic heterocycles. The maximum atomic E-state index is 12.3. The topological polar surface area (TPSA) is 38.7 Å². The van der Waals surface area contributed by atoms with Gasteiger partial charge in [0, 0.05) is 17.9 Å². The predicted octanol–water partition coefficient (Wildman–Crippen LogP) is 8.17. The van der Waals surface area contributed by atoms with E-state index in [2.05, 4.69) is 55.1 Å². The molecule has 0 N–H and O–H groups in total.